The zero-order valence-electron chi connectivity index (χ0n) is 12.9. The van der Waals surface area contributed by atoms with Gasteiger partial charge in [-0.15, -0.1) is 0 Å². The Morgan fingerprint density at radius 1 is 1.36 bits per heavy atom. The van der Waals surface area contributed by atoms with E-state index in [2.05, 4.69) is 4.90 Å². The van der Waals surface area contributed by atoms with Crippen molar-refractivity contribution in [2.45, 2.75) is 19.0 Å². The maximum absolute atomic E-state index is 11.8. The van der Waals surface area contributed by atoms with Gasteiger partial charge in [0.05, 0.1) is 25.2 Å². The normalized spacial score (nSPS) is 20.5. The van der Waals surface area contributed by atoms with Crippen molar-refractivity contribution in [1.82, 2.24) is 4.90 Å². The Morgan fingerprint density at radius 3 is 2.73 bits per heavy atom. The van der Waals surface area contributed by atoms with Crippen molar-refractivity contribution in [3.63, 3.8) is 0 Å². The van der Waals surface area contributed by atoms with E-state index in [4.69, 9.17) is 21.1 Å². The van der Waals surface area contributed by atoms with Crippen molar-refractivity contribution in [2.75, 3.05) is 38.9 Å². The lowest BCUT2D eigenvalue weighted by atomic mass is 10.1. The second-order valence-electron chi connectivity index (χ2n) is 5.44. The monoisotopic (exact) mass is 347 g/mol. The summed E-state index contributed by atoms with van der Waals surface area (Å²) in [5, 5.41) is 0.627. The Kier molecular flexibility index (Phi) is 6.09. The lowest BCUT2D eigenvalue weighted by Crippen LogP contribution is -2.38. The minimum absolute atomic E-state index is 0.00105. The van der Waals surface area contributed by atoms with Gasteiger partial charge in [0.2, 0.25) is 0 Å². The lowest BCUT2D eigenvalue weighted by Gasteiger charge is -2.28. The van der Waals surface area contributed by atoms with Gasteiger partial charge < -0.3 is 9.47 Å². The number of hydrogen-bond acceptors (Lipinski definition) is 5. The summed E-state index contributed by atoms with van der Waals surface area (Å²) in [6.07, 6.45) is 0.652. The molecule has 0 bridgehead atoms. The molecule has 1 aliphatic heterocycles. The van der Waals surface area contributed by atoms with Crippen LogP contribution in [0.2, 0.25) is 5.02 Å². The first-order valence-electron chi connectivity index (χ1n) is 7.21. The number of benzene rings is 1. The van der Waals surface area contributed by atoms with Gasteiger partial charge in [-0.25, -0.2) is 8.42 Å². The van der Waals surface area contributed by atoms with Crippen LogP contribution in [-0.2, 0) is 21.1 Å². The molecule has 0 amide bonds. The Balaban J connectivity index is 2.20. The fraction of sp³-hybridized carbons (Fsp3) is 0.600. The van der Waals surface area contributed by atoms with Gasteiger partial charge in [-0.3, -0.25) is 4.90 Å². The van der Waals surface area contributed by atoms with Gasteiger partial charge in [-0.05, 0) is 18.6 Å². The summed E-state index contributed by atoms with van der Waals surface area (Å²) in [7, 11) is 0.314. The third-order valence-corrected chi connectivity index (χ3v) is 6.07. The maximum Gasteiger partial charge on any atom is 0.151 e. The predicted octanol–water partition coefficient (Wildman–Crippen LogP) is 1.98. The molecular weight excluding hydrogens is 326 g/mol. The van der Waals surface area contributed by atoms with Gasteiger partial charge in [0, 0.05) is 36.8 Å². The molecule has 0 aromatic heterocycles. The van der Waals surface area contributed by atoms with Gasteiger partial charge in [-0.1, -0.05) is 17.7 Å². The van der Waals surface area contributed by atoms with Crippen LogP contribution in [0, 0.1) is 0 Å². The molecule has 0 saturated carbocycles. The Hall–Kier alpha value is -0.820. The molecule has 0 spiro atoms. The number of ether oxygens (including phenoxy) is 2. The van der Waals surface area contributed by atoms with Crippen molar-refractivity contribution in [1.29, 1.82) is 0 Å². The molecule has 0 unspecified atom stereocenters. The minimum Gasteiger partial charge on any atom is -0.496 e. The molecule has 1 fully saturated rings. The van der Waals surface area contributed by atoms with Crippen LogP contribution < -0.4 is 4.74 Å². The molecule has 124 valence electrons. The van der Waals surface area contributed by atoms with Crippen LogP contribution >= 0.6 is 11.6 Å². The third-order valence-electron chi connectivity index (χ3n) is 3.96. The molecule has 1 saturated heterocycles. The zero-order chi connectivity index (χ0) is 16.2. The van der Waals surface area contributed by atoms with E-state index in [0.29, 0.717) is 31.1 Å². The summed E-state index contributed by atoms with van der Waals surface area (Å²) in [6, 6.07) is 5.52. The molecule has 1 aromatic rings. The number of sulfone groups is 1. The van der Waals surface area contributed by atoms with Crippen LogP contribution in [0.25, 0.3) is 0 Å². The average molecular weight is 348 g/mol. The topological polar surface area (TPSA) is 55.8 Å². The second-order valence-corrected chi connectivity index (χ2v) is 8.08. The number of rotatable bonds is 7. The van der Waals surface area contributed by atoms with Crippen molar-refractivity contribution >= 4 is 21.4 Å². The number of halogens is 1. The summed E-state index contributed by atoms with van der Waals surface area (Å²) >= 11 is 6.29. The SMILES string of the molecule is COCCN(Cc1c(Cl)cccc1OC)[C@@H]1CCS(=O)(=O)C1. The average Bonchev–Trinajstić information content (AvgIpc) is 2.84. The summed E-state index contributed by atoms with van der Waals surface area (Å²) in [6.45, 7) is 1.75. The molecule has 1 aromatic carbocycles. The first-order chi connectivity index (χ1) is 10.5. The Labute approximate surface area is 137 Å². The van der Waals surface area contributed by atoms with E-state index < -0.39 is 9.84 Å². The van der Waals surface area contributed by atoms with Crippen molar-refractivity contribution in [3.05, 3.63) is 28.8 Å². The van der Waals surface area contributed by atoms with E-state index in [1.54, 1.807) is 14.2 Å². The van der Waals surface area contributed by atoms with Crippen LogP contribution in [0.4, 0.5) is 0 Å². The molecule has 0 N–H and O–H groups in total. The molecule has 1 heterocycles. The Bertz CT molecular complexity index is 606. The van der Waals surface area contributed by atoms with E-state index in [1.165, 1.54) is 0 Å². The highest BCUT2D eigenvalue weighted by atomic mass is 35.5. The van der Waals surface area contributed by atoms with Crippen LogP contribution in [0.15, 0.2) is 18.2 Å². The van der Waals surface area contributed by atoms with Crippen LogP contribution in [0.3, 0.4) is 0 Å². The molecular formula is C15H22ClNO4S. The molecule has 1 aliphatic rings. The molecule has 1 atom stereocenters. The highest BCUT2D eigenvalue weighted by molar-refractivity contribution is 7.91. The fourth-order valence-corrected chi connectivity index (χ4v) is 4.74. The van der Waals surface area contributed by atoms with E-state index >= 15 is 0 Å². The maximum atomic E-state index is 11.8. The molecule has 5 nitrogen and oxygen atoms in total. The van der Waals surface area contributed by atoms with Crippen molar-refractivity contribution in [2.24, 2.45) is 0 Å². The smallest absolute Gasteiger partial charge is 0.151 e. The zero-order valence-corrected chi connectivity index (χ0v) is 14.5. The summed E-state index contributed by atoms with van der Waals surface area (Å²) < 4.78 is 34.0. The highest BCUT2D eigenvalue weighted by Gasteiger charge is 2.32. The van der Waals surface area contributed by atoms with Crippen LogP contribution in [-0.4, -0.2) is 58.2 Å². The lowest BCUT2D eigenvalue weighted by molar-refractivity contribution is 0.120. The quantitative estimate of drug-likeness (QED) is 0.755. The predicted molar refractivity (Wildman–Crippen MR) is 87.3 cm³/mol. The van der Waals surface area contributed by atoms with Gasteiger partial charge in [0.1, 0.15) is 5.75 Å². The summed E-state index contributed by atoms with van der Waals surface area (Å²) in [4.78, 5) is 2.12. The van der Waals surface area contributed by atoms with Gasteiger partial charge >= 0.3 is 0 Å². The molecule has 0 aliphatic carbocycles. The van der Waals surface area contributed by atoms with Crippen molar-refractivity contribution < 1.29 is 17.9 Å². The van der Waals surface area contributed by atoms with Gasteiger partial charge in [0.15, 0.2) is 9.84 Å². The van der Waals surface area contributed by atoms with E-state index in [-0.39, 0.29) is 17.5 Å². The molecule has 7 heteroatoms. The largest absolute Gasteiger partial charge is 0.496 e. The third kappa shape index (κ3) is 4.35. The second kappa shape index (κ2) is 7.64. The fourth-order valence-electron chi connectivity index (χ4n) is 2.75. The van der Waals surface area contributed by atoms with E-state index in [1.807, 2.05) is 18.2 Å². The van der Waals surface area contributed by atoms with E-state index in [0.717, 1.165) is 11.3 Å². The Morgan fingerprint density at radius 2 is 2.14 bits per heavy atom. The first kappa shape index (κ1) is 17.5. The molecule has 0 radical (unpaired) electrons. The summed E-state index contributed by atoms with van der Waals surface area (Å²) in [5.74, 6) is 1.17. The standard InChI is InChI=1S/C15H22ClNO4S/c1-20-8-7-17(12-6-9-22(18,19)11-12)10-13-14(16)4-3-5-15(13)21-2/h3-5,12H,6-11H2,1-2H3/t12-/m1/s1. The van der Waals surface area contributed by atoms with Crippen LogP contribution in [0.5, 0.6) is 5.75 Å². The minimum atomic E-state index is -2.93. The summed E-state index contributed by atoms with van der Waals surface area (Å²) in [5.41, 5.74) is 0.882. The van der Waals surface area contributed by atoms with Crippen LogP contribution in [0.1, 0.15) is 12.0 Å². The molecule has 22 heavy (non-hydrogen) atoms. The number of hydrogen-bond donors (Lipinski definition) is 0. The van der Waals surface area contributed by atoms with E-state index in [9.17, 15) is 8.42 Å². The first-order valence-corrected chi connectivity index (χ1v) is 9.41. The van der Waals surface area contributed by atoms with Gasteiger partial charge in [0.25, 0.3) is 0 Å². The highest BCUT2D eigenvalue weighted by Crippen LogP contribution is 2.29. The van der Waals surface area contributed by atoms with Gasteiger partial charge in [-0.2, -0.15) is 0 Å². The molecule has 2 rings (SSSR count). The van der Waals surface area contributed by atoms with Crippen molar-refractivity contribution in [3.8, 4) is 5.75 Å². The number of methoxy groups -OCH3 is 2. The number of nitrogens with zero attached hydrogens (tertiary/aromatic N) is 1.